The van der Waals surface area contributed by atoms with Crippen LogP contribution in [0.1, 0.15) is 42.9 Å². The zero-order valence-electron chi connectivity index (χ0n) is 15.2. The molecule has 0 saturated carbocycles. The van der Waals surface area contributed by atoms with Crippen LogP contribution in [0.3, 0.4) is 0 Å². The lowest BCUT2D eigenvalue weighted by Crippen LogP contribution is -2.06. The van der Waals surface area contributed by atoms with Crippen molar-refractivity contribution in [1.29, 1.82) is 0 Å². The largest absolute Gasteiger partial charge is 0.494 e. The average Bonchev–Trinajstić information content (AvgIpc) is 3.01. The molecule has 1 aliphatic rings. The Morgan fingerprint density at radius 3 is 2.46 bits per heavy atom. The van der Waals surface area contributed by atoms with Crippen LogP contribution in [0.15, 0.2) is 59.3 Å². The monoisotopic (exact) mass is 349 g/mol. The molecule has 4 nitrogen and oxygen atoms in total. The Morgan fingerprint density at radius 2 is 1.77 bits per heavy atom. The highest BCUT2D eigenvalue weighted by Gasteiger charge is 2.26. The minimum Gasteiger partial charge on any atom is -0.494 e. The Labute approximate surface area is 154 Å². The van der Waals surface area contributed by atoms with Gasteiger partial charge in [0.25, 0.3) is 0 Å². The molecule has 0 amide bonds. The van der Waals surface area contributed by atoms with Gasteiger partial charge < -0.3 is 9.57 Å². The Kier molecular flexibility index (Phi) is 5.84. The van der Waals surface area contributed by atoms with Crippen molar-refractivity contribution in [3.8, 4) is 5.75 Å². The quantitative estimate of drug-likeness (QED) is 0.405. The van der Waals surface area contributed by atoms with Gasteiger partial charge >= 0.3 is 5.97 Å². The summed E-state index contributed by atoms with van der Waals surface area (Å²) >= 11 is 0. The highest BCUT2D eigenvalue weighted by molar-refractivity contribution is 6.31. The van der Waals surface area contributed by atoms with Crippen LogP contribution in [0.25, 0.3) is 6.08 Å². The number of ether oxygens (including phenoxy) is 1. The number of unbranched alkanes of at least 4 members (excludes halogenated alkanes) is 2. The van der Waals surface area contributed by atoms with Crippen molar-refractivity contribution in [2.24, 2.45) is 5.16 Å². The summed E-state index contributed by atoms with van der Waals surface area (Å²) in [7, 11) is 0. The average molecular weight is 349 g/mol. The van der Waals surface area contributed by atoms with E-state index in [2.05, 4.69) is 12.1 Å². The third-order valence-electron chi connectivity index (χ3n) is 4.23. The molecule has 2 aromatic rings. The maximum absolute atomic E-state index is 12.1. The van der Waals surface area contributed by atoms with Crippen molar-refractivity contribution < 1.29 is 14.4 Å². The summed E-state index contributed by atoms with van der Waals surface area (Å²) in [5.74, 6) is 0.408. The first-order valence-corrected chi connectivity index (χ1v) is 8.98. The van der Waals surface area contributed by atoms with Crippen LogP contribution < -0.4 is 4.74 Å². The second-order valence-corrected chi connectivity index (χ2v) is 6.37. The molecule has 3 rings (SSSR count). The number of aryl methyl sites for hydroxylation is 1. The molecule has 0 radical (unpaired) electrons. The van der Waals surface area contributed by atoms with Crippen LogP contribution in [0.5, 0.6) is 5.75 Å². The van der Waals surface area contributed by atoms with Gasteiger partial charge in [-0.3, -0.25) is 0 Å². The van der Waals surface area contributed by atoms with E-state index in [0.717, 1.165) is 35.5 Å². The molecule has 0 spiro atoms. The second-order valence-electron chi connectivity index (χ2n) is 6.37. The van der Waals surface area contributed by atoms with Crippen molar-refractivity contribution in [2.45, 2.75) is 33.1 Å². The van der Waals surface area contributed by atoms with Gasteiger partial charge in [-0.05, 0) is 37.1 Å². The molecule has 0 aliphatic carbocycles. The van der Waals surface area contributed by atoms with Gasteiger partial charge in [0.15, 0.2) is 0 Å². The fourth-order valence-corrected chi connectivity index (χ4v) is 2.70. The predicted molar refractivity (Wildman–Crippen MR) is 103 cm³/mol. The summed E-state index contributed by atoms with van der Waals surface area (Å²) < 4.78 is 5.72. The first-order chi connectivity index (χ1) is 12.7. The van der Waals surface area contributed by atoms with Crippen LogP contribution in [0.2, 0.25) is 0 Å². The van der Waals surface area contributed by atoms with Crippen molar-refractivity contribution in [3.05, 3.63) is 70.8 Å². The van der Waals surface area contributed by atoms with E-state index < -0.39 is 5.97 Å². The highest BCUT2D eigenvalue weighted by atomic mass is 16.7. The number of benzene rings is 2. The molecule has 1 aliphatic heterocycles. The van der Waals surface area contributed by atoms with Gasteiger partial charge in [0.05, 0.1) is 12.2 Å². The van der Waals surface area contributed by atoms with Gasteiger partial charge in [0.2, 0.25) is 0 Å². The van der Waals surface area contributed by atoms with Gasteiger partial charge in [0.1, 0.15) is 11.5 Å². The fourth-order valence-electron chi connectivity index (χ4n) is 2.70. The Morgan fingerprint density at radius 1 is 1.04 bits per heavy atom. The zero-order valence-corrected chi connectivity index (χ0v) is 15.2. The van der Waals surface area contributed by atoms with E-state index in [-0.39, 0.29) is 0 Å². The number of hydrogen-bond acceptors (Lipinski definition) is 4. The smallest absolute Gasteiger partial charge is 0.368 e. The van der Waals surface area contributed by atoms with Crippen LogP contribution in [0, 0.1) is 6.92 Å². The van der Waals surface area contributed by atoms with Crippen molar-refractivity contribution in [1.82, 2.24) is 0 Å². The molecule has 0 bridgehead atoms. The molecule has 2 aromatic carbocycles. The molecule has 0 unspecified atom stereocenters. The number of hydrogen-bond donors (Lipinski definition) is 0. The molecule has 4 heteroatoms. The summed E-state index contributed by atoms with van der Waals surface area (Å²) in [6, 6.07) is 15.6. The summed E-state index contributed by atoms with van der Waals surface area (Å²) in [6.07, 6.45) is 5.21. The number of carbonyl (C=O) groups is 1. The third-order valence-corrected chi connectivity index (χ3v) is 4.23. The van der Waals surface area contributed by atoms with Crippen LogP contribution >= 0.6 is 0 Å². The lowest BCUT2D eigenvalue weighted by molar-refractivity contribution is -0.136. The van der Waals surface area contributed by atoms with Crippen LogP contribution in [-0.2, 0) is 9.63 Å². The van der Waals surface area contributed by atoms with Gasteiger partial charge in [0, 0.05) is 5.56 Å². The highest BCUT2D eigenvalue weighted by Crippen LogP contribution is 2.22. The molecule has 26 heavy (non-hydrogen) atoms. The number of rotatable bonds is 7. The first-order valence-electron chi connectivity index (χ1n) is 8.98. The van der Waals surface area contributed by atoms with E-state index in [1.165, 1.54) is 12.8 Å². The zero-order chi connectivity index (χ0) is 18.4. The maximum atomic E-state index is 12.1. The lowest BCUT2D eigenvalue weighted by atomic mass is 10.00. The fraction of sp³-hybridized carbons (Fsp3) is 0.273. The van der Waals surface area contributed by atoms with Crippen LogP contribution in [-0.4, -0.2) is 18.3 Å². The summed E-state index contributed by atoms with van der Waals surface area (Å²) in [4.78, 5) is 17.0. The van der Waals surface area contributed by atoms with Crippen LogP contribution in [0.4, 0.5) is 0 Å². The molecule has 1 heterocycles. The first kappa shape index (κ1) is 17.9. The van der Waals surface area contributed by atoms with Crippen molar-refractivity contribution >= 4 is 17.8 Å². The van der Waals surface area contributed by atoms with E-state index in [0.29, 0.717) is 11.3 Å². The topological polar surface area (TPSA) is 47.9 Å². The van der Waals surface area contributed by atoms with Gasteiger partial charge in [-0.15, -0.1) is 0 Å². The third kappa shape index (κ3) is 4.39. The number of nitrogens with zero attached hydrogens (tertiary/aromatic N) is 1. The van der Waals surface area contributed by atoms with E-state index in [4.69, 9.17) is 9.57 Å². The molecule has 0 aromatic heterocycles. The van der Waals surface area contributed by atoms with Gasteiger partial charge in [-0.2, -0.15) is 0 Å². The second kappa shape index (κ2) is 8.48. The summed E-state index contributed by atoms with van der Waals surface area (Å²) in [6.45, 7) is 4.92. The predicted octanol–water partition coefficient (Wildman–Crippen LogP) is 4.91. The number of oxime groups is 1. The summed E-state index contributed by atoms with van der Waals surface area (Å²) in [5.41, 5.74) is 3.95. The van der Waals surface area contributed by atoms with Crippen molar-refractivity contribution in [3.63, 3.8) is 0 Å². The van der Waals surface area contributed by atoms with E-state index in [9.17, 15) is 4.79 Å². The molecular formula is C22H23NO3. The number of carbonyl (C=O) groups excluding carboxylic acids is 1. The van der Waals surface area contributed by atoms with Crippen molar-refractivity contribution in [2.75, 3.05) is 6.61 Å². The SMILES string of the molecule is CCCCCOc1ccc(C=C2C(=O)ON=C2c2ccc(C)cc2)cc1. The van der Waals surface area contributed by atoms with Gasteiger partial charge in [-0.1, -0.05) is 66.9 Å². The summed E-state index contributed by atoms with van der Waals surface area (Å²) in [5, 5.41) is 3.94. The van der Waals surface area contributed by atoms with E-state index in [1.807, 2.05) is 55.5 Å². The Balaban J connectivity index is 1.74. The molecule has 0 saturated heterocycles. The lowest BCUT2D eigenvalue weighted by Gasteiger charge is -2.06. The Hall–Kier alpha value is -2.88. The normalized spacial score (nSPS) is 15.1. The molecular weight excluding hydrogens is 326 g/mol. The maximum Gasteiger partial charge on any atom is 0.368 e. The standard InChI is InChI=1S/C22H23NO3/c1-3-4-5-14-25-19-12-8-17(9-13-19)15-20-21(23-26-22(20)24)18-10-6-16(2)7-11-18/h6-13,15H,3-5,14H2,1-2H3. The van der Waals surface area contributed by atoms with E-state index in [1.54, 1.807) is 6.08 Å². The molecule has 134 valence electrons. The minimum atomic E-state index is -0.430. The Bertz CT molecular complexity index is 817. The molecule has 0 fully saturated rings. The molecule has 0 atom stereocenters. The van der Waals surface area contributed by atoms with E-state index >= 15 is 0 Å². The molecule has 0 N–H and O–H groups in total. The minimum absolute atomic E-state index is 0.430. The van der Waals surface area contributed by atoms with Gasteiger partial charge in [-0.25, -0.2) is 4.79 Å².